The Bertz CT molecular complexity index is 170. The molecule has 0 fully saturated rings. The Morgan fingerprint density at radius 2 is 1.93 bits per heavy atom. The third kappa shape index (κ3) is 9.31. The fourth-order valence-corrected chi connectivity index (χ4v) is 0.863. The summed E-state index contributed by atoms with van der Waals surface area (Å²) >= 11 is 0. The van der Waals surface area contributed by atoms with Gasteiger partial charge in [0.05, 0.1) is 0 Å². The van der Waals surface area contributed by atoms with Crippen molar-refractivity contribution in [1.29, 1.82) is 0 Å². The number of carbonyl (C=O) groups excluding carboxylic acids is 1. The highest BCUT2D eigenvalue weighted by Gasteiger charge is 2.30. The third-order valence-electron chi connectivity index (χ3n) is 1.46. The van der Waals surface area contributed by atoms with Crippen LogP contribution in [0.25, 0.3) is 0 Å². The van der Waals surface area contributed by atoms with Gasteiger partial charge in [-0.1, -0.05) is 6.92 Å². The zero-order chi connectivity index (χ0) is 11.0. The number of hydrogen-bond acceptors (Lipinski definition) is 2. The van der Waals surface area contributed by atoms with E-state index in [9.17, 15) is 18.0 Å². The molecule has 0 atom stereocenters. The monoisotopic (exact) mass is 212 g/mol. The van der Waals surface area contributed by atoms with Crippen LogP contribution in [0.15, 0.2) is 0 Å². The summed E-state index contributed by atoms with van der Waals surface area (Å²) in [6, 6.07) is 0. The Morgan fingerprint density at radius 1 is 1.29 bits per heavy atom. The van der Waals surface area contributed by atoms with Crippen molar-refractivity contribution in [1.82, 2.24) is 10.6 Å². The zero-order valence-corrected chi connectivity index (χ0v) is 8.08. The summed E-state index contributed by atoms with van der Waals surface area (Å²) in [5.74, 6) is -0.964. The molecule has 0 rings (SSSR count). The average molecular weight is 212 g/mol. The summed E-state index contributed by atoms with van der Waals surface area (Å²) in [4.78, 5) is 10.6. The van der Waals surface area contributed by atoms with E-state index in [0.29, 0.717) is 13.0 Å². The molecule has 6 heteroatoms. The number of hydrogen-bond donors (Lipinski definition) is 2. The molecule has 2 N–H and O–H groups in total. The van der Waals surface area contributed by atoms with Gasteiger partial charge in [-0.2, -0.15) is 13.2 Å². The van der Waals surface area contributed by atoms with Gasteiger partial charge >= 0.3 is 6.18 Å². The predicted molar refractivity (Wildman–Crippen MR) is 46.8 cm³/mol. The van der Waals surface area contributed by atoms with Gasteiger partial charge in [0.15, 0.2) is 0 Å². The van der Waals surface area contributed by atoms with E-state index >= 15 is 0 Å². The second-order valence-corrected chi connectivity index (χ2v) is 2.85. The van der Waals surface area contributed by atoms with Gasteiger partial charge in [0, 0.05) is 6.54 Å². The van der Waals surface area contributed by atoms with Gasteiger partial charge in [-0.05, 0) is 19.5 Å². The SMILES string of the molecule is CCNCCCNC(=O)CC(F)(F)F. The van der Waals surface area contributed by atoms with Gasteiger partial charge < -0.3 is 10.6 Å². The molecule has 3 nitrogen and oxygen atoms in total. The molecule has 0 heterocycles. The minimum atomic E-state index is -4.41. The molecule has 1 amide bonds. The van der Waals surface area contributed by atoms with Crippen LogP contribution in [-0.2, 0) is 4.79 Å². The number of halogens is 3. The maximum atomic E-state index is 11.7. The minimum Gasteiger partial charge on any atom is -0.356 e. The second-order valence-electron chi connectivity index (χ2n) is 2.85. The lowest BCUT2D eigenvalue weighted by Crippen LogP contribution is -2.30. The number of nitrogens with one attached hydrogen (secondary N) is 2. The lowest BCUT2D eigenvalue weighted by atomic mass is 10.3. The van der Waals surface area contributed by atoms with Crippen LogP contribution in [0, 0.1) is 0 Å². The van der Waals surface area contributed by atoms with Crippen molar-refractivity contribution in [2.24, 2.45) is 0 Å². The van der Waals surface area contributed by atoms with Crippen LogP contribution in [0.4, 0.5) is 13.2 Å². The maximum Gasteiger partial charge on any atom is 0.397 e. The lowest BCUT2D eigenvalue weighted by molar-refractivity contribution is -0.153. The average Bonchev–Trinajstić information content (AvgIpc) is 2.00. The molecule has 84 valence electrons. The quantitative estimate of drug-likeness (QED) is 0.646. The molecule has 14 heavy (non-hydrogen) atoms. The first-order valence-electron chi connectivity index (χ1n) is 4.50. The van der Waals surface area contributed by atoms with E-state index in [2.05, 4.69) is 10.6 Å². The Kier molecular flexibility index (Phi) is 6.27. The first kappa shape index (κ1) is 13.2. The molecule has 0 aliphatic heterocycles. The first-order chi connectivity index (χ1) is 6.45. The molecular formula is C8H15F3N2O. The van der Waals surface area contributed by atoms with E-state index in [4.69, 9.17) is 0 Å². The normalized spacial score (nSPS) is 11.4. The number of rotatable bonds is 6. The Labute approximate surface area is 81.1 Å². The van der Waals surface area contributed by atoms with E-state index in [1.165, 1.54) is 0 Å². The summed E-state index contributed by atoms with van der Waals surface area (Å²) < 4.78 is 35.0. The summed E-state index contributed by atoms with van der Waals surface area (Å²) in [5, 5.41) is 5.20. The van der Waals surface area contributed by atoms with Crippen LogP contribution in [-0.4, -0.2) is 31.7 Å². The van der Waals surface area contributed by atoms with Gasteiger partial charge in [0.2, 0.25) is 5.91 Å². The topological polar surface area (TPSA) is 41.1 Å². The second kappa shape index (κ2) is 6.64. The van der Waals surface area contributed by atoms with Crippen molar-refractivity contribution >= 4 is 5.91 Å². The van der Waals surface area contributed by atoms with Crippen molar-refractivity contribution in [2.45, 2.75) is 25.9 Å². The molecule has 0 aromatic rings. The number of amides is 1. The molecule has 0 aliphatic rings. The summed E-state index contributed by atoms with van der Waals surface area (Å²) in [6.45, 7) is 3.73. The van der Waals surface area contributed by atoms with Crippen LogP contribution in [0.2, 0.25) is 0 Å². The van der Waals surface area contributed by atoms with Crippen LogP contribution in [0.5, 0.6) is 0 Å². The molecule has 0 radical (unpaired) electrons. The molecule has 0 aromatic heterocycles. The lowest BCUT2D eigenvalue weighted by Gasteiger charge is -2.07. The number of carbonyl (C=O) groups is 1. The van der Waals surface area contributed by atoms with Gasteiger partial charge in [-0.25, -0.2) is 0 Å². The van der Waals surface area contributed by atoms with Crippen LogP contribution in [0.3, 0.4) is 0 Å². The highest BCUT2D eigenvalue weighted by atomic mass is 19.4. The van der Waals surface area contributed by atoms with Crippen LogP contribution < -0.4 is 10.6 Å². The van der Waals surface area contributed by atoms with E-state index in [1.54, 1.807) is 0 Å². The standard InChI is InChI=1S/C8H15F3N2O/c1-2-12-4-3-5-13-7(14)6-8(9,10)11/h12H,2-6H2,1H3,(H,13,14). The Hall–Kier alpha value is -0.780. The summed E-state index contributed by atoms with van der Waals surface area (Å²) in [7, 11) is 0. The van der Waals surface area contributed by atoms with E-state index in [0.717, 1.165) is 6.54 Å². The van der Waals surface area contributed by atoms with Crippen LogP contribution in [0.1, 0.15) is 19.8 Å². The molecule has 0 aromatic carbocycles. The minimum absolute atomic E-state index is 0.280. The predicted octanol–water partition coefficient (Wildman–Crippen LogP) is 1.05. The van der Waals surface area contributed by atoms with E-state index in [1.807, 2.05) is 6.92 Å². The molecule has 0 unspecified atom stereocenters. The highest BCUT2D eigenvalue weighted by molar-refractivity contribution is 5.76. The van der Waals surface area contributed by atoms with Gasteiger partial charge in [-0.15, -0.1) is 0 Å². The fourth-order valence-electron chi connectivity index (χ4n) is 0.863. The van der Waals surface area contributed by atoms with E-state index in [-0.39, 0.29) is 6.54 Å². The van der Waals surface area contributed by atoms with Crippen molar-refractivity contribution in [3.05, 3.63) is 0 Å². The zero-order valence-electron chi connectivity index (χ0n) is 8.08. The van der Waals surface area contributed by atoms with Crippen molar-refractivity contribution in [2.75, 3.05) is 19.6 Å². The van der Waals surface area contributed by atoms with Gasteiger partial charge in [-0.3, -0.25) is 4.79 Å². The van der Waals surface area contributed by atoms with Crippen molar-refractivity contribution in [3.8, 4) is 0 Å². The van der Waals surface area contributed by atoms with Crippen molar-refractivity contribution < 1.29 is 18.0 Å². The number of alkyl halides is 3. The molecular weight excluding hydrogens is 197 g/mol. The Balaban J connectivity index is 3.36. The largest absolute Gasteiger partial charge is 0.397 e. The fraction of sp³-hybridized carbons (Fsp3) is 0.875. The van der Waals surface area contributed by atoms with Crippen molar-refractivity contribution in [3.63, 3.8) is 0 Å². The molecule has 0 spiro atoms. The molecule has 0 saturated carbocycles. The molecule has 0 aliphatic carbocycles. The molecule has 0 saturated heterocycles. The Morgan fingerprint density at radius 3 is 2.43 bits per heavy atom. The summed E-state index contributed by atoms with van der Waals surface area (Å²) in [5.41, 5.74) is 0. The molecule has 0 bridgehead atoms. The smallest absolute Gasteiger partial charge is 0.356 e. The first-order valence-corrected chi connectivity index (χ1v) is 4.50. The van der Waals surface area contributed by atoms with Crippen LogP contribution >= 0.6 is 0 Å². The van der Waals surface area contributed by atoms with E-state index < -0.39 is 18.5 Å². The van der Waals surface area contributed by atoms with Gasteiger partial charge in [0.1, 0.15) is 6.42 Å². The third-order valence-corrected chi connectivity index (χ3v) is 1.46. The summed E-state index contributed by atoms with van der Waals surface area (Å²) in [6.07, 6.45) is -5.17. The maximum absolute atomic E-state index is 11.7. The highest BCUT2D eigenvalue weighted by Crippen LogP contribution is 2.18. The van der Waals surface area contributed by atoms with Gasteiger partial charge in [0.25, 0.3) is 0 Å².